The van der Waals surface area contributed by atoms with Gasteiger partial charge in [0.2, 0.25) is 0 Å². The van der Waals surface area contributed by atoms with E-state index in [0.717, 1.165) is 32.7 Å². The topological polar surface area (TPSA) is 56.0 Å². The Kier molecular flexibility index (Phi) is 5.58. The average Bonchev–Trinajstić information content (AvgIpc) is 3.23. The van der Waals surface area contributed by atoms with Crippen molar-refractivity contribution < 1.29 is 4.39 Å². The zero-order valence-corrected chi connectivity index (χ0v) is 18.9. The van der Waals surface area contributed by atoms with E-state index < -0.39 is 0 Å². The van der Waals surface area contributed by atoms with Crippen molar-refractivity contribution in [1.82, 2.24) is 19.7 Å². The first kappa shape index (κ1) is 20.5. The zero-order valence-electron chi connectivity index (χ0n) is 17.0. The number of nitrogens with zero attached hydrogens (tertiary/aromatic N) is 5. The molecule has 0 aliphatic heterocycles. The van der Waals surface area contributed by atoms with E-state index in [1.807, 2.05) is 19.9 Å². The summed E-state index contributed by atoms with van der Waals surface area (Å²) >= 11 is 1.64. The molecule has 1 aromatic carbocycles. The highest BCUT2D eigenvalue weighted by atomic mass is 32.1. The van der Waals surface area contributed by atoms with Crippen molar-refractivity contribution in [3.05, 3.63) is 59.5 Å². The molecular formula is C22H21FN5PS. The lowest BCUT2D eigenvalue weighted by molar-refractivity contribution is 0.628. The predicted molar refractivity (Wildman–Crippen MR) is 127 cm³/mol. The maximum absolute atomic E-state index is 13.8. The van der Waals surface area contributed by atoms with E-state index in [1.165, 1.54) is 23.3 Å². The molecule has 0 aliphatic rings. The Bertz CT molecular complexity index is 1300. The largest absolute Gasteiger partial charge is 0.245 e. The zero-order chi connectivity index (χ0) is 21.4. The van der Waals surface area contributed by atoms with Gasteiger partial charge < -0.3 is 0 Å². The first-order valence-electron chi connectivity index (χ1n) is 9.37. The third-order valence-electron chi connectivity index (χ3n) is 4.62. The molecule has 0 N–H and O–H groups in total. The molecule has 5 nitrogen and oxygen atoms in total. The molecule has 0 amide bonds. The van der Waals surface area contributed by atoms with Crippen LogP contribution in [0.1, 0.15) is 24.3 Å². The number of aliphatic imine (C=N–C) groups is 1. The molecule has 3 heterocycles. The number of aromatic nitrogens is 4. The fourth-order valence-electron chi connectivity index (χ4n) is 3.29. The summed E-state index contributed by atoms with van der Waals surface area (Å²) in [6, 6.07) is 8.50. The molecular weight excluding hydrogens is 416 g/mol. The van der Waals surface area contributed by atoms with Crippen LogP contribution in [0.3, 0.4) is 0 Å². The molecule has 0 spiro atoms. The molecule has 0 saturated carbocycles. The highest BCUT2D eigenvalue weighted by molar-refractivity contribution is 7.27. The summed E-state index contributed by atoms with van der Waals surface area (Å²) in [6.07, 6.45) is 1.51. The highest BCUT2D eigenvalue weighted by Crippen LogP contribution is 2.35. The summed E-state index contributed by atoms with van der Waals surface area (Å²) in [5.41, 5.74) is 5.69. The monoisotopic (exact) mass is 437 g/mol. The van der Waals surface area contributed by atoms with Crippen LogP contribution < -0.4 is 5.44 Å². The molecule has 0 radical (unpaired) electrons. The van der Waals surface area contributed by atoms with Crippen LogP contribution >= 0.6 is 20.6 Å². The quantitative estimate of drug-likeness (QED) is 0.313. The Morgan fingerprint density at radius 1 is 1.27 bits per heavy atom. The Balaban J connectivity index is 1.79. The van der Waals surface area contributed by atoms with E-state index in [-0.39, 0.29) is 5.82 Å². The van der Waals surface area contributed by atoms with Crippen molar-refractivity contribution in [1.29, 1.82) is 0 Å². The van der Waals surface area contributed by atoms with Gasteiger partial charge in [-0.05, 0) is 44.5 Å². The summed E-state index contributed by atoms with van der Waals surface area (Å²) < 4.78 is 15.6. The van der Waals surface area contributed by atoms with Gasteiger partial charge >= 0.3 is 0 Å². The summed E-state index contributed by atoms with van der Waals surface area (Å²) in [4.78, 5) is 14.7. The van der Waals surface area contributed by atoms with Gasteiger partial charge in [-0.25, -0.2) is 24.0 Å². The van der Waals surface area contributed by atoms with Crippen molar-refractivity contribution in [2.75, 3.05) is 0 Å². The van der Waals surface area contributed by atoms with Crippen LogP contribution in [0, 0.1) is 12.7 Å². The molecule has 3 aromatic heterocycles. The minimum absolute atomic E-state index is 0.310. The average molecular weight is 437 g/mol. The third-order valence-corrected chi connectivity index (χ3v) is 6.01. The van der Waals surface area contributed by atoms with Gasteiger partial charge in [0.05, 0.1) is 17.4 Å². The van der Waals surface area contributed by atoms with Crippen LogP contribution in [0.25, 0.3) is 27.9 Å². The van der Waals surface area contributed by atoms with E-state index >= 15 is 0 Å². The van der Waals surface area contributed by atoms with Crippen molar-refractivity contribution in [3.8, 4) is 11.3 Å². The molecule has 1 atom stereocenters. The first-order valence-corrected chi connectivity index (χ1v) is 10.8. The molecule has 8 heteroatoms. The molecule has 4 rings (SSSR count). The van der Waals surface area contributed by atoms with E-state index in [0.29, 0.717) is 23.4 Å². The number of aryl methyl sites for hydroxylation is 1. The lowest BCUT2D eigenvalue weighted by Crippen LogP contribution is -2.09. The molecule has 0 bridgehead atoms. The minimum Gasteiger partial charge on any atom is -0.245 e. The highest BCUT2D eigenvalue weighted by Gasteiger charge is 2.17. The number of thiophene rings is 1. The van der Waals surface area contributed by atoms with Gasteiger partial charge in [-0.2, -0.15) is 5.10 Å². The van der Waals surface area contributed by atoms with Crippen LogP contribution in [0.2, 0.25) is 0 Å². The van der Waals surface area contributed by atoms with Gasteiger partial charge in [-0.15, -0.1) is 11.3 Å². The first-order chi connectivity index (χ1) is 14.3. The maximum atomic E-state index is 13.8. The third kappa shape index (κ3) is 3.95. The second-order valence-electron chi connectivity index (χ2n) is 7.18. The summed E-state index contributed by atoms with van der Waals surface area (Å²) in [5, 5.41) is 6.48. The smallest absolute Gasteiger partial charge is 0.162 e. The number of allylic oxidation sites excluding steroid dienone is 1. The fourth-order valence-corrected chi connectivity index (χ4v) is 4.65. The van der Waals surface area contributed by atoms with Crippen LogP contribution in [-0.2, 0) is 6.54 Å². The number of halogens is 1. The van der Waals surface area contributed by atoms with Crippen LogP contribution in [-0.4, -0.2) is 25.5 Å². The number of hydrogen-bond acceptors (Lipinski definition) is 5. The second kappa shape index (κ2) is 8.17. The SMILES string of the molecule is C=C(C)c1cc(C)sc1N=C(C)Cn1nc(-c2cccc(F)c2)c2c(P)ncnc21. The number of rotatable bonds is 5. The summed E-state index contributed by atoms with van der Waals surface area (Å²) in [6.45, 7) is 10.5. The van der Waals surface area contributed by atoms with Gasteiger partial charge in [0, 0.05) is 21.7 Å². The second-order valence-corrected chi connectivity index (χ2v) is 8.96. The normalized spacial score (nSPS) is 12.0. The van der Waals surface area contributed by atoms with Gasteiger partial charge in [0.15, 0.2) is 5.65 Å². The Labute approximate surface area is 180 Å². The van der Waals surface area contributed by atoms with E-state index in [9.17, 15) is 4.39 Å². The fraction of sp³-hybridized carbons (Fsp3) is 0.182. The van der Waals surface area contributed by atoms with Gasteiger partial charge in [-0.1, -0.05) is 28.0 Å². The molecule has 0 aliphatic carbocycles. The summed E-state index contributed by atoms with van der Waals surface area (Å²) in [5.74, 6) is -0.310. The lowest BCUT2D eigenvalue weighted by Gasteiger charge is -2.04. The van der Waals surface area contributed by atoms with Gasteiger partial charge in [-0.3, -0.25) is 0 Å². The number of hydrogen-bond donors (Lipinski definition) is 0. The molecule has 152 valence electrons. The van der Waals surface area contributed by atoms with Crippen LogP contribution in [0.15, 0.2) is 48.2 Å². The lowest BCUT2D eigenvalue weighted by atomic mass is 10.1. The molecule has 30 heavy (non-hydrogen) atoms. The Morgan fingerprint density at radius 3 is 2.80 bits per heavy atom. The maximum Gasteiger partial charge on any atom is 0.162 e. The Hall–Kier alpha value is -2.76. The van der Waals surface area contributed by atoms with Crippen molar-refractivity contribution in [2.45, 2.75) is 27.3 Å². The van der Waals surface area contributed by atoms with E-state index in [4.69, 9.17) is 10.1 Å². The molecule has 4 aromatic rings. The molecule has 0 fully saturated rings. The summed E-state index contributed by atoms with van der Waals surface area (Å²) in [7, 11) is 2.61. The molecule has 1 unspecified atom stereocenters. The van der Waals surface area contributed by atoms with E-state index in [2.05, 4.69) is 38.8 Å². The predicted octanol–water partition coefficient (Wildman–Crippen LogP) is 5.33. The van der Waals surface area contributed by atoms with Crippen LogP contribution in [0.4, 0.5) is 9.39 Å². The van der Waals surface area contributed by atoms with Crippen molar-refractivity contribution in [2.24, 2.45) is 4.99 Å². The van der Waals surface area contributed by atoms with Gasteiger partial charge in [0.25, 0.3) is 0 Å². The Morgan fingerprint density at radius 2 is 2.07 bits per heavy atom. The van der Waals surface area contributed by atoms with Crippen LogP contribution in [0.5, 0.6) is 0 Å². The standard InChI is InChI=1S/C22H21FN5PS/c1-12(2)17-8-14(4)30-22(17)26-13(3)10-28-20-18(21(29)25-11-24-20)19(27-28)15-6-5-7-16(23)9-15/h5-9,11H,1,10,29H2,2-4H3. The van der Waals surface area contributed by atoms with Gasteiger partial charge in [0.1, 0.15) is 22.8 Å². The molecule has 0 saturated heterocycles. The number of benzene rings is 1. The minimum atomic E-state index is -0.310. The van der Waals surface area contributed by atoms with Crippen molar-refractivity contribution in [3.63, 3.8) is 0 Å². The van der Waals surface area contributed by atoms with E-state index in [1.54, 1.807) is 22.1 Å². The van der Waals surface area contributed by atoms with Crippen molar-refractivity contribution >= 4 is 53.3 Å². The number of fused-ring (bicyclic) bond motifs is 1.